The van der Waals surface area contributed by atoms with Gasteiger partial charge in [-0.15, -0.1) is 0 Å². The molecule has 0 spiro atoms. The number of hydrogen-bond donors (Lipinski definition) is 1. The van der Waals surface area contributed by atoms with E-state index in [0.29, 0.717) is 11.7 Å². The van der Waals surface area contributed by atoms with Gasteiger partial charge in [-0.25, -0.2) is 9.97 Å². The summed E-state index contributed by atoms with van der Waals surface area (Å²) in [6, 6.07) is 8.32. The topological polar surface area (TPSA) is 51.8 Å². The number of nitrogen functional groups attached to an aromatic ring is 1. The highest BCUT2D eigenvalue weighted by Crippen LogP contribution is 2.39. The highest BCUT2D eigenvalue weighted by molar-refractivity contribution is 7.99. The fourth-order valence-corrected chi connectivity index (χ4v) is 2.96. The van der Waals surface area contributed by atoms with Crippen LogP contribution in [0.15, 0.2) is 34.2 Å². The zero-order valence-electron chi connectivity index (χ0n) is 11.2. The van der Waals surface area contributed by atoms with E-state index >= 15 is 0 Å². The lowest BCUT2D eigenvalue weighted by molar-refractivity contribution is 0.883. The monoisotopic (exact) mass is 271 g/mol. The second-order valence-electron chi connectivity index (χ2n) is 5.13. The van der Waals surface area contributed by atoms with Gasteiger partial charge in [-0.3, -0.25) is 0 Å². The highest BCUT2D eigenvalue weighted by Gasteiger charge is 2.27. The van der Waals surface area contributed by atoms with Gasteiger partial charge in [0.05, 0.1) is 0 Å². The second-order valence-corrected chi connectivity index (χ2v) is 6.20. The fraction of sp³-hybridized carbons (Fsp3) is 0.333. The van der Waals surface area contributed by atoms with Crippen LogP contribution in [0.25, 0.3) is 0 Å². The van der Waals surface area contributed by atoms with E-state index in [1.165, 1.54) is 28.9 Å². The molecule has 98 valence electrons. The van der Waals surface area contributed by atoms with Gasteiger partial charge < -0.3 is 5.73 Å². The third kappa shape index (κ3) is 2.89. The largest absolute Gasteiger partial charge is 0.384 e. The molecule has 0 bridgehead atoms. The Balaban J connectivity index is 1.89. The molecule has 0 saturated heterocycles. The van der Waals surface area contributed by atoms with E-state index in [4.69, 9.17) is 5.73 Å². The lowest BCUT2D eigenvalue weighted by atomic mass is 10.2. The number of nitrogens with two attached hydrogens (primary N) is 1. The van der Waals surface area contributed by atoms with Gasteiger partial charge in [0.2, 0.25) is 0 Å². The first-order valence-electron chi connectivity index (χ1n) is 6.51. The molecule has 1 fully saturated rings. The zero-order chi connectivity index (χ0) is 13.4. The Morgan fingerprint density at radius 1 is 1.16 bits per heavy atom. The molecule has 0 atom stereocenters. The highest BCUT2D eigenvalue weighted by atomic mass is 32.2. The Bertz CT molecular complexity index is 621. The van der Waals surface area contributed by atoms with E-state index in [1.54, 1.807) is 11.8 Å². The summed E-state index contributed by atoms with van der Waals surface area (Å²) in [6.45, 7) is 4.23. The van der Waals surface area contributed by atoms with Gasteiger partial charge in [-0.2, -0.15) is 0 Å². The predicted octanol–water partition coefficient (Wildman–Crippen LogP) is 3.70. The van der Waals surface area contributed by atoms with E-state index < -0.39 is 0 Å². The molecule has 0 radical (unpaired) electrons. The van der Waals surface area contributed by atoms with Gasteiger partial charge in [0, 0.05) is 16.9 Å². The molecule has 1 aliphatic rings. The Hall–Kier alpha value is -1.55. The van der Waals surface area contributed by atoms with E-state index in [2.05, 4.69) is 42.0 Å². The maximum atomic E-state index is 5.88. The maximum absolute atomic E-state index is 5.88. The first-order chi connectivity index (χ1) is 9.11. The average molecular weight is 271 g/mol. The molecule has 1 aromatic carbocycles. The van der Waals surface area contributed by atoms with Crippen LogP contribution < -0.4 is 5.73 Å². The van der Waals surface area contributed by atoms with Gasteiger partial charge >= 0.3 is 0 Å². The van der Waals surface area contributed by atoms with Crippen molar-refractivity contribution in [3.63, 3.8) is 0 Å². The number of hydrogen-bond acceptors (Lipinski definition) is 4. The van der Waals surface area contributed by atoms with Crippen LogP contribution in [0.4, 0.5) is 5.82 Å². The summed E-state index contributed by atoms with van der Waals surface area (Å²) < 4.78 is 0. The molecule has 2 aromatic rings. The summed E-state index contributed by atoms with van der Waals surface area (Å²) in [6.07, 6.45) is 2.38. The van der Waals surface area contributed by atoms with Crippen molar-refractivity contribution < 1.29 is 0 Å². The standard InChI is InChI=1S/C15H17N3S/c1-9-3-6-12(10(2)7-9)19-14-8-13(16)17-15(18-14)11-4-5-11/h3,6-8,11H,4-5H2,1-2H3,(H2,16,17,18). The molecule has 1 heterocycles. The Kier molecular flexibility index (Phi) is 3.19. The third-order valence-corrected chi connectivity index (χ3v) is 4.32. The maximum Gasteiger partial charge on any atom is 0.135 e. The van der Waals surface area contributed by atoms with Gasteiger partial charge in [-0.05, 0) is 38.3 Å². The molecule has 0 amide bonds. The Labute approximate surface area is 117 Å². The number of nitrogens with zero attached hydrogens (tertiary/aromatic N) is 2. The van der Waals surface area contributed by atoms with E-state index in [-0.39, 0.29) is 0 Å². The van der Waals surface area contributed by atoms with Crippen LogP contribution in [0.5, 0.6) is 0 Å². The van der Waals surface area contributed by atoms with Gasteiger partial charge in [0.1, 0.15) is 16.7 Å². The second kappa shape index (κ2) is 4.85. The first-order valence-corrected chi connectivity index (χ1v) is 7.33. The first kappa shape index (κ1) is 12.5. The van der Waals surface area contributed by atoms with Gasteiger partial charge in [0.25, 0.3) is 0 Å². The molecule has 3 nitrogen and oxygen atoms in total. The number of rotatable bonds is 3. The molecule has 4 heteroatoms. The average Bonchev–Trinajstić information content (AvgIpc) is 3.16. The lowest BCUT2D eigenvalue weighted by Crippen LogP contribution is -1.99. The van der Waals surface area contributed by atoms with Crippen molar-refractivity contribution >= 4 is 17.6 Å². The van der Waals surface area contributed by atoms with E-state index in [1.807, 2.05) is 6.07 Å². The van der Waals surface area contributed by atoms with Crippen LogP contribution in [0.1, 0.15) is 35.7 Å². The van der Waals surface area contributed by atoms with E-state index in [0.717, 1.165) is 10.9 Å². The van der Waals surface area contributed by atoms with Crippen molar-refractivity contribution in [2.45, 2.75) is 42.5 Å². The zero-order valence-corrected chi connectivity index (χ0v) is 12.0. The third-order valence-electron chi connectivity index (χ3n) is 3.23. The molecule has 1 saturated carbocycles. The van der Waals surface area contributed by atoms with Crippen molar-refractivity contribution in [2.24, 2.45) is 0 Å². The summed E-state index contributed by atoms with van der Waals surface area (Å²) in [4.78, 5) is 10.2. The molecule has 19 heavy (non-hydrogen) atoms. The number of aryl methyl sites for hydroxylation is 2. The fourth-order valence-electron chi connectivity index (χ4n) is 2.06. The molecule has 1 aliphatic carbocycles. The molecule has 3 rings (SSSR count). The molecule has 0 aliphatic heterocycles. The molecule has 2 N–H and O–H groups in total. The predicted molar refractivity (Wildman–Crippen MR) is 78.5 cm³/mol. The minimum absolute atomic E-state index is 0.530. The van der Waals surface area contributed by atoms with Crippen LogP contribution in [0, 0.1) is 13.8 Å². The SMILES string of the molecule is Cc1ccc(Sc2cc(N)nc(C3CC3)n2)c(C)c1. The summed E-state index contributed by atoms with van der Waals surface area (Å²) in [7, 11) is 0. The van der Waals surface area contributed by atoms with Crippen molar-refractivity contribution in [2.75, 3.05) is 5.73 Å². The normalized spacial score (nSPS) is 14.6. The molecule has 1 aromatic heterocycles. The minimum Gasteiger partial charge on any atom is -0.384 e. The summed E-state index contributed by atoms with van der Waals surface area (Å²) in [5.74, 6) is 2.01. The van der Waals surface area contributed by atoms with Crippen molar-refractivity contribution in [1.82, 2.24) is 9.97 Å². The van der Waals surface area contributed by atoms with Crippen molar-refractivity contribution in [3.05, 3.63) is 41.2 Å². The molecular formula is C15H17N3S. The van der Waals surface area contributed by atoms with Gasteiger partial charge in [-0.1, -0.05) is 29.5 Å². The van der Waals surface area contributed by atoms with Crippen LogP contribution in [-0.4, -0.2) is 9.97 Å². The van der Waals surface area contributed by atoms with E-state index in [9.17, 15) is 0 Å². The van der Waals surface area contributed by atoms with Crippen LogP contribution in [-0.2, 0) is 0 Å². The van der Waals surface area contributed by atoms with Crippen molar-refractivity contribution in [1.29, 1.82) is 0 Å². The van der Waals surface area contributed by atoms with Crippen LogP contribution >= 0.6 is 11.8 Å². The summed E-state index contributed by atoms with van der Waals surface area (Å²) in [5, 5.41) is 0.946. The van der Waals surface area contributed by atoms with Crippen LogP contribution in [0.2, 0.25) is 0 Å². The smallest absolute Gasteiger partial charge is 0.135 e. The van der Waals surface area contributed by atoms with Crippen LogP contribution in [0.3, 0.4) is 0 Å². The minimum atomic E-state index is 0.530. The molecule has 0 unspecified atom stereocenters. The Morgan fingerprint density at radius 3 is 2.63 bits per heavy atom. The number of aromatic nitrogens is 2. The lowest BCUT2D eigenvalue weighted by Gasteiger charge is -2.08. The molecular weight excluding hydrogens is 254 g/mol. The number of benzene rings is 1. The number of anilines is 1. The summed E-state index contributed by atoms with van der Waals surface area (Å²) >= 11 is 1.67. The quantitative estimate of drug-likeness (QED) is 0.865. The summed E-state index contributed by atoms with van der Waals surface area (Å²) in [5.41, 5.74) is 8.43. The van der Waals surface area contributed by atoms with Crippen molar-refractivity contribution in [3.8, 4) is 0 Å². The van der Waals surface area contributed by atoms with Gasteiger partial charge in [0.15, 0.2) is 0 Å². The Morgan fingerprint density at radius 2 is 1.95 bits per heavy atom.